The van der Waals surface area contributed by atoms with E-state index in [4.69, 9.17) is 9.47 Å². The van der Waals surface area contributed by atoms with E-state index in [9.17, 15) is 31.3 Å². The molecular formula is C13H11F2O8S-. The van der Waals surface area contributed by atoms with Crippen LogP contribution in [0.25, 0.3) is 0 Å². The highest BCUT2D eigenvalue weighted by atomic mass is 32.2. The van der Waals surface area contributed by atoms with Gasteiger partial charge in [0.15, 0.2) is 23.3 Å². The number of ether oxygens (including phenoxy) is 3. The van der Waals surface area contributed by atoms with Gasteiger partial charge in [-0.3, -0.25) is 0 Å². The minimum absolute atomic E-state index is 0.119. The minimum Gasteiger partial charge on any atom is -0.743 e. The van der Waals surface area contributed by atoms with Crippen LogP contribution in [0.1, 0.15) is 0 Å². The van der Waals surface area contributed by atoms with Crippen molar-refractivity contribution in [2.75, 3.05) is 13.2 Å². The van der Waals surface area contributed by atoms with E-state index in [2.05, 4.69) is 11.3 Å². The molecule has 0 aliphatic carbocycles. The average Bonchev–Trinajstić information content (AvgIpc) is 2.51. The van der Waals surface area contributed by atoms with Crippen LogP contribution in [0.5, 0.6) is 11.5 Å². The molecule has 1 rings (SSSR count). The van der Waals surface area contributed by atoms with Crippen LogP contribution in [0.2, 0.25) is 0 Å². The Morgan fingerprint density at radius 1 is 1.21 bits per heavy atom. The van der Waals surface area contributed by atoms with Crippen LogP contribution in [0.3, 0.4) is 0 Å². The van der Waals surface area contributed by atoms with Crippen LogP contribution in [-0.2, 0) is 24.4 Å². The van der Waals surface area contributed by atoms with Gasteiger partial charge in [-0.25, -0.2) is 18.0 Å². The summed E-state index contributed by atoms with van der Waals surface area (Å²) in [6, 6.07) is 5.30. The van der Waals surface area contributed by atoms with Crippen LogP contribution in [0.4, 0.5) is 8.78 Å². The first kappa shape index (κ1) is 19.5. The average molecular weight is 365 g/mol. The van der Waals surface area contributed by atoms with Crippen molar-refractivity contribution in [1.29, 1.82) is 0 Å². The van der Waals surface area contributed by atoms with Gasteiger partial charge in [-0.05, 0) is 24.3 Å². The summed E-state index contributed by atoms with van der Waals surface area (Å²) in [4.78, 5) is 22.1. The molecule has 24 heavy (non-hydrogen) atoms. The lowest BCUT2D eigenvalue weighted by Gasteiger charge is -2.19. The quantitative estimate of drug-likeness (QED) is 0.288. The summed E-state index contributed by atoms with van der Waals surface area (Å²) in [5, 5.41) is -4.72. The molecule has 0 atom stereocenters. The number of carbonyl (C=O) groups excluding carboxylic acids is 2. The highest BCUT2D eigenvalue weighted by Crippen LogP contribution is 2.21. The van der Waals surface area contributed by atoms with Crippen LogP contribution in [-0.4, -0.2) is 43.4 Å². The van der Waals surface area contributed by atoms with E-state index in [1.165, 1.54) is 24.3 Å². The van der Waals surface area contributed by atoms with Gasteiger partial charge in [0.25, 0.3) is 0 Å². The predicted molar refractivity (Wildman–Crippen MR) is 73.4 cm³/mol. The number of hydrogen-bond acceptors (Lipinski definition) is 8. The van der Waals surface area contributed by atoms with Crippen molar-refractivity contribution in [3.63, 3.8) is 0 Å². The molecule has 0 N–H and O–H groups in total. The zero-order valence-corrected chi connectivity index (χ0v) is 12.8. The third-order valence-corrected chi connectivity index (χ3v) is 3.18. The Morgan fingerprint density at radius 2 is 1.75 bits per heavy atom. The molecule has 132 valence electrons. The first-order chi connectivity index (χ1) is 11.0. The van der Waals surface area contributed by atoms with E-state index < -0.39 is 40.5 Å². The lowest BCUT2D eigenvalue weighted by molar-refractivity contribution is -0.152. The summed E-state index contributed by atoms with van der Waals surface area (Å²) in [6.45, 7) is 0.502. The van der Waals surface area contributed by atoms with Gasteiger partial charge >= 0.3 is 17.2 Å². The highest BCUT2D eigenvalue weighted by Gasteiger charge is 2.39. The Labute approximate surface area is 135 Å². The van der Waals surface area contributed by atoms with Gasteiger partial charge < -0.3 is 18.8 Å². The SMILES string of the molecule is C=CC(=O)Oc1ccc(OCC(=O)OCC(F)(F)S(=O)(=O)[O-])cc1. The maximum atomic E-state index is 12.8. The zero-order valence-electron chi connectivity index (χ0n) is 11.9. The lowest BCUT2D eigenvalue weighted by atomic mass is 10.3. The number of halogens is 2. The molecule has 0 saturated carbocycles. The molecule has 0 aromatic heterocycles. The van der Waals surface area contributed by atoms with Crippen molar-refractivity contribution in [3.05, 3.63) is 36.9 Å². The van der Waals surface area contributed by atoms with Gasteiger partial charge in [-0.2, -0.15) is 8.78 Å². The molecule has 8 nitrogen and oxygen atoms in total. The molecule has 0 radical (unpaired) electrons. The number of hydrogen-bond donors (Lipinski definition) is 0. The lowest BCUT2D eigenvalue weighted by Crippen LogP contribution is -2.35. The van der Waals surface area contributed by atoms with E-state index in [-0.39, 0.29) is 11.5 Å². The summed E-state index contributed by atoms with van der Waals surface area (Å²) in [7, 11) is -5.93. The zero-order chi connectivity index (χ0) is 18.4. The van der Waals surface area contributed by atoms with Gasteiger partial charge in [-0.15, -0.1) is 0 Å². The first-order valence-corrected chi connectivity index (χ1v) is 7.52. The number of esters is 2. The first-order valence-electron chi connectivity index (χ1n) is 6.11. The molecule has 0 unspecified atom stereocenters. The summed E-state index contributed by atoms with van der Waals surface area (Å²) >= 11 is 0. The van der Waals surface area contributed by atoms with Crippen molar-refractivity contribution in [2.24, 2.45) is 0 Å². The van der Waals surface area contributed by atoms with Crippen LogP contribution in [0.15, 0.2) is 36.9 Å². The largest absolute Gasteiger partial charge is 0.743 e. The van der Waals surface area contributed by atoms with Crippen LogP contribution >= 0.6 is 0 Å². The number of rotatable bonds is 8. The van der Waals surface area contributed by atoms with E-state index in [1.807, 2.05) is 0 Å². The number of alkyl halides is 2. The Kier molecular flexibility index (Phi) is 6.37. The van der Waals surface area contributed by atoms with E-state index in [0.29, 0.717) is 0 Å². The highest BCUT2D eigenvalue weighted by molar-refractivity contribution is 7.86. The maximum Gasteiger partial charge on any atom is 0.367 e. The van der Waals surface area contributed by atoms with Crippen molar-refractivity contribution in [1.82, 2.24) is 0 Å². The van der Waals surface area contributed by atoms with Crippen molar-refractivity contribution >= 4 is 22.1 Å². The second-order valence-corrected chi connectivity index (χ2v) is 5.64. The Bertz CT molecular complexity index is 712. The molecule has 0 heterocycles. The Hall–Kier alpha value is -2.53. The second kappa shape index (κ2) is 7.84. The molecule has 0 bridgehead atoms. The number of benzene rings is 1. The molecule has 0 fully saturated rings. The molecule has 0 saturated heterocycles. The summed E-state index contributed by atoms with van der Waals surface area (Å²) in [6.07, 6.45) is 0.957. The molecule has 0 amide bonds. The topological polar surface area (TPSA) is 119 Å². The van der Waals surface area contributed by atoms with Gasteiger partial charge in [0.2, 0.25) is 0 Å². The molecule has 0 spiro atoms. The maximum absolute atomic E-state index is 12.8. The predicted octanol–water partition coefficient (Wildman–Crippen LogP) is 0.838. The monoisotopic (exact) mass is 365 g/mol. The molecule has 0 aliphatic rings. The fourth-order valence-corrected chi connectivity index (χ4v) is 1.39. The van der Waals surface area contributed by atoms with Crippen LogP contribution < -0.4 is 9.47 Å². The molecule has 0 aliphatic heterocycles. The van der Waals surface area contributed by atoms with Gasteiger partial charge in [0, 0.05) is 6.08 Å². The minimum atomic E-state index is -5.93. The smallest absolute Gasteiger partial charge is 0.367 e. The van der Waals surface area contributed by atoms with Crippen LogP contribution in [0, 0.1) is 0 Å². The van der Waals surface area contributed by atoms with Crippen molar-refractivity contribution in [2.45, 2.75) is 5.25 Å². The summed E-state index contributed by atoms with van der Waals surface area (Å²) in [5.41, 5.74) is 0. The third-order valence-electron chi connectivity index (χ3n) is 2.33. The van der Waals surface area contributed by atoms with Crippen molar-refractivity contribution in [3.8, 4) is 11.5 Å². The van der Waals surface area contributed by atoms with E-state index in [1.54, 1.807) is 0 Å². The molecule has 11 heteroatoms. The summed E-state index contributed by atoms with van der Waals surface area (Å²) in [5.74, 6) is -1.69. The standard InChI is InChI=1S/C13H12F2O8S/c1-2-11(16)23-10-5-3-9(4-6-10)21-7-12(17)22-8-13(14,15)24(18,19)20/h2-6H,1,7-8H2,(H,18,19,20)/p-1. The van der Waals surface area contributed by atoms with E-state index >= 15 is 0 Å². The molecule has 1 aromatic rings. The van der Waals surface area contributed by atoms with Gasteiger partial charge in [0.1, 0.15) is 11.5 Å². The van der Waals surface area contributed by atoms with E-state index in [0.717, 1.165) is 6.08 Å². The van der Waals surface area contributed by atoms with Crippen molar-refractivity contribution < 1.29 is 45.6 Å². The second-order valence-electron chi connectivity index (χ2n) is 4.14. The summed E-state index contributed by atoms with van der Waals surface area (Å²) < 4.78 is 69.8. The molecule has 1 aromatic carbocycles. The number of carbonyl (C=O) groups is 2. The van der Waals surface area contributed by atoms with Gasteiger partial charge in [0.05, 0.1) is 0 Å². The molecular weight excluding hydrogens is 354 g/mol. The fourth-order valence-electron chi connectivity index (χ4n) is 1.18. The Morgan fingerprint density at radius 3 is 2.25 bits per heavy atom. The Balaban J connectivity index is 2.47. The third kappa shape index (κ3) is 5.93. The fraction of sp³-hybridized carbons (Fsp3) is 0.231. The normalized spacial score (nSPS) is 11.5. The van der Waals surface area contributed by atoms with Gasteiger partial charge in [-0.1, -0.05) is 6.58 Å².